The Morgan fingerprint density at radius 1 is 0.826 bits per heavy atom. The van der Waals surface area contributed by atoms with Crippen LogP contribution in [0.25, 0.3) is 10.8 Å². The number of ketones is 1. The van der Waals surface area contributed by atoms with E-state index in [4.69, 9.17) is 0 Å². The second-order valence-electron chi connectivity index (χ2n) is 5.40. The van der Waals surface area contributed by atoms with Gasteiger partial charge in [0.25, 0.3) is 0 Å². The van der Waals surface area contributed by atoms with Crippen LogP contribution in [0.4, 0.5) is 0 Å². The minimum Gasteiger partial charge on any atom is -0.312 e. The monoisotopic (exact) mass is 325 g/mol. The van der Waals surface area contributed by atoms with Crippen LogP contribution in [0.5, 0.6) is 0 Å². The molecule has 0 aliphatic rings. The van der Waals surface area contributed by atoms with Crippen molar-refractivity contribution in [3.8, 4) is 0 Å². The van der Waals surface area contributed by atoms with Crippen molar-refractivity contribution < 1.29 is 4.79 Å². The molecule has 0 spiro atoms. The average Bonchev–Trinajstić information content (AvgIpc) is 2.59. The van der Waals surface area contributed by atoms with Crippen molar-refractivity contribution in [2.75, 3.05) is 6.54 Å². The molecule has 23 heavy (non-hydrogen) atoms. The number of nitrogens with one attached hydrogen (secondary N) is 1. The molecule has 0 unspecified atom stereocenters. The lowest BCUT2D eigenvalue weighted by atomic mass is 10.0. The zero-order valence-electron chi connectivity index (χ0n) is 12.9. The number of Topliss-reactive ketones (excluding diaryl/α,β-unsaturated/α-hetero) is 1. The summed E-state index contributed by atoms with van der Waals surface area (Å²) in [5.74, 6) is 0.186. The number of rotatable bonds is 6. The van der Waals surface area contributed by atoms with Crippen molar-refractivity contribution in [2.24, 2.45) is 0 Å². The Hall–Kier alpha value is -2.16. The summed E-state index contributed by atoms with van der Waals surface area (Å²) in [7, 11) is 0. The summed E-state index contributed by atoms with van der Waals surface area (Å²) in [4.78, 5) is 12.3. The lowest BCUT2D eigenvalue weighted by Crippen LogP contribution is -2.17. The van der Waals surface area contributed by atoms with Gasteiger partial charge in [-0.3, -0.25) is 4.79 Å². The van der Waals surface area contributed by atoms with Crippen molar-refractivity contribution in [3.05, 3.63) is 83.9 Å². The third-order valence-electron chi connectivity index (χ3n) is 3.77. The quantitative estimate of drug-likeness (QED) is 0.529. The molecule has 1 N–H and O–H groups in total. The molecule has 3 aromatic rings. The summed E-state index contributed by atoms with van der Waals surface area (Å²) in [6.45, 7) is 1.49. The lowest BCUT2D eigenvalue weighted by Gasteiger charge is -2.06. The lowest BCUT2D eigenvalue weighted by molar-refractivity contribution is 0.0982. The molecular weight excluding hydrogens is 306 g/mol. The van der Waals surface area contributed by atoms with E-state index in [1.165, 1.54) is 10.9 Å². The van der Waals surface area contributed by atoms with E-state index in [0.29, 0.717) is 13.0 Å². The fraction of sp³-hybridized carbons (Fsp3) is 0.150. The first kappa shape index (κ1) is 17.2. The number of hydrogen-bond donors (Lipinski definition) is 1. The van der Waals surface area contributed by atoms with Crippen LogP contribution in [0.1, 0.15) is 22.3 Å². The number of benzene rings is 3. The first-order valence-corrected chi connectivity index (χ1v) is 7.59. The van der Waals surface area contributed by atoms with Gasteiger partial charge in [-0.15, -0.1) is 12.4 Å². The fourth-order valence-corrected chi connectivity index (χ4v) is 2.54. The predicted molar refractivity (Wildman–Crippen MR) is 98.3 cm³/mol. The molecule has 0 aromatic heterocycles. The van der Waals surface area contributed by atoms with Gasteiger partial charge < -0.3 is 5.32 Å². The molecule has 0 bridgehead atoms. The van der Waals surface area contributed by atoms with Crippen molar-refractivity contribution in [2.45, 2.75) is 13.0 Å². The first-order chi connectivity index (χ1) is 10.8. The highest BCUT2D eigenvalue weighted by atomic mass is 35.5. The summed E-state index contributed by atoms with van der Waals surface area (Å²) < 4.78 is 0. The van der Waals surface area contributed by atoms with Gasteiger partial charge in [-0.05, 0) is 22.4 Å². The maximum Gasteiger partial charge on any atom is 0.164 e. The van der Waals surface area contributed by atoms with Crippen LogP contribution in [-0.2, 0) is 6.54 Å². The molecule has 0 amide bonds. The number of carbonyl (C=O) groups is 1. The van der Waals surface area contributed by atoms with Crippen molar-refractivity contribution in [1.82, 2.24) is 5.32 Å². The topological polar surface area (TPSA) is 29.1 Å². The van der Waals surface area contributed by atoms with Crippen LogP contribution in [0.15, 0.2) is 72.8 Å². The number of halogens is 1. The second kappa shape index (κ2) is 8.47. The summed E-state index contributed by atoms with van der Waals surface area (Å²) in [6.07, 6.45) is 0.519. The molecule has 0 saturated carbocycles. The Morgan fingerprint density at radius 2 is 1.52 bits per heavy atom. The first-order valence-electron chi connectivity index (χ1n) is 7.59. The highest BCUT2D eigenvalue weighted by Gasteiger charge is 2.06. The highest BCUT2D eigenvalue weighted by Crippen LogP contribution is 2.16. The average molecular weight is 326 g/mol. The smallest absolute Gasteiger partial charge is 0.164 e. The molecule has 0 aliphatic carbocycles. The molecule has 0 atom stereocenters. The SMILES string of the molecule is Cl.O=C(CCNCc1ccccc1)c1ccc2ccccc2c1. The third-order valence-corrected chi connectivity index (χ3v) is 3.77. The maximum absolute atomic E-state index is 12.3. The molecule has 0 aliphatic heterocycles. The van der Waals surface area contributed by atoms with Gasteiger partial charge in [-0.2, -0.15) is 0 Å². The van der Waals surface area contributed by atoms with Gasteiger partial charge in [0.05, 0.1) is 0 Å². The summed E-state index contributed by atoms with van der Waals surface area (Å²) >= 11 is 0. The highest BCUT2D eigenvalue weighted by molar-refractivity contribution is 6.00. The third kappa shape index (κ3) is 4.65. The summed E-state index contributed by atoms with van der Waals surface area (Å²) in [5, 5.41) is 5.60. The molecule has 0 heterocycles. The fourth-order valence-electron chi connectivity index (χ4n) is 2.54. The summed E-state index contributed by atoms with van der Waals surface area (Å²) in [5.41, 5.74) is 2.03. The van der Waals surface area contributed by atoms with E-state index in [1.807, 2.05) is 54.6 Å². The van der Waals surface area contributed by atoms with Crippen molar-refractivity contribution in [3.63, 3.8) is 0 Å². The maximum atomic E-state index is 12.3. The predicted octanol–water partition coefficient (Wildman–Crippen LogP) is 4.62. The minimum absolute atomic E-state index is 0. The molecule has 2 nitrogen and oxygen atoms in total. The van der Waals surface area contributed by atoms with Gasteiger partial charge in [0, 0.05) is 25.1 Å². The van der Waals surface area contributed by atoms with Crippen molar-refractivity contribution >= 4 is 29.0 Å². The standard InChI is InChI=1S/C20H19NO.ClH/c22-20(12-13-21-15-16-6-2-1-3-7-16)19-11-10-17-8-4-5-9-18(17)14-19;/h1-11,14,21H,12-13,15H2;1H. The van der Waals surface area contributed by atoms with E-state index < -0.39 is 0 Å². The number of hydrogen-bond acceptors (Lipinski definition) is 2. The number of carbonyl (C=O) groups excluding carboxylic acids is 1. The molecule has 118 valence electrons. The van der Waals surface area contributed by atoms with E-state index in [-0.39, 0.29) is 18.2 Å². The van der Waals surface area contributed by atoms with Gasteiger partial charge >= 0.3 is 0 Å². The normalized spacial score (nSPS) is 10.3. The summed E-state index contributed by atoms with van der Waals surface area (Å²) in [6, 6.07) is 24.2. The Balaban J connectivity index is 0.00000192. The van der Waals surface area contributed by atoms with Crippen LogP contribution in [0.3, 0.4) is 0 Å². The van der Waals surface area contributed by atoms with Gasteiger partial charge in [-0.25, -0.2) is 0 Å². The molecule has 3 aromatic carbocycles. The van der Waals surface area contributed by atoms with Crippen LogP contribution in [-0.4, -0.2) is 12.3 Å². The Labute approximate surface area is 142 Å². The van der Waals surface area contributed by atoms with Crippen LogP contribution in [0, 0.1) is 0 Å². The van der Waals surface area contributed by atoms with Crippen molar-refractivity contribution in [1.29, 1.82) is 0 Å². The Bertz CT molecular complexity index is 771. The van der Waals surface area contributed by atoms with E-state index in [2.05, 4.69) is 23.5 Å². The molecule has 3 rings (SSSR count). The Morgan fingerprint density at radius 3 is 2.30 bits per heavy atom. The zero-order valence-corrected chi connectivity index (χ0v) is 13.7. The van der Waals surface area contributed by atoms with Crippen LogP contribution >= 0.6 is 12.4 Å². The van der Waals surface area contributed by atoms with Gasteiger partial charge in [-0.1, -0.05) is 66.7 Å². The van der Waals surface area contributed by atoms with E-state index in [1.54, 1.807) is 0 Å². The van der Waals surface area contributed by atoms with Gasteiger partial charge in [0.1, 0.15) is 0 Å². The second-order valence-corrected chi connectivity index (χ2v) is 5.40. The van der Waals surface area contributed by atoms with Crippen LogP contribution < -0.4 is 5.32 Å². The molecule has 0 radical (unpaired) electrons. The van der Waals surface area contributed by atoms with E-state index in [9.17, 15) is 4.79 Å². The van der Waals surface area contributed by atoms with E-state index >= 15 is 0 Å². The van der Waals surface area contributed by atoms with Gasteiger partial charge in [0.2, 0.25) is 0 Å². The Kier molecular flexibility index (Phi) is 6.33. The minimum atomic E-state index is 0. The van der Waals surface area contributed by atoms with Crippen LogP contribution in [0.2, 0.25) is 0 Å². The largest absolute Gasteiger partial charge is 0.312 e. The molecular formula is C20H20ClNO. The molecule has 3 heteroatoms. The molecule has 0 saturated heterocycles. The number of fused-ring (bicyclic) bond motifs is 1. The van der Waals surface area contributed by atoms with Gasteiger partial charge in [0.15, 0.2) is 5.78 Å². The molecule has 0 fully saturated rings. The zero-order chi connectivity index (χ0) is 15.2. The van der Waals surface area contributed by atoms with E-state index in [0.717, 1.165) is 17.5 Å².